The van der Waals surface area contributed by atoms with Crippen molar-refractivity contribution in [3.05, 3.63) is 16.3 Å². The Morgan fingerprint density at radius 3 is 2.93 bits per heavy atom. The van der Waals surface area contributed by atoms with Crippen molar-refractivity contribution in [3.63, 3.8) is 0 Å². The van der Waals surface area contributed by atoms with Gasteiger partial charge in [-0.1, -0.05) is 4.80 Å². The highest BCUT2D eigenvalue weighted by molar-refractivity contribution is 5.07. The minimum atomic E-state index is -0.522. The summed E-state index contributed by atoms with van der Waals surface area (Å²) in [5, 5.41) is 21.3. The second kappa shape index (κ2) is 4.35. The lowest BCUT2D eigenvalue weighted by Crippen LogP contribution is -2.30. The Kier molecular flexibility index (Phi) is 2.91. The van der Waals surface area contributed by atoms with Crippen molar-refractivity contribution in [3.8, 4) is 0 Å². The summed E-state index contributed by atoms with van der Waals surface area (Å²) in [5.74, 6) is 0.349. The molecule has 0 radical (unpaired) electrons. The molecule has 0 atom stereocenters. The molecule has 0 aliphatic carbocycles. The number of hydrogen-bond acceptors (Lipinski definition) is 5. The van der Waals surface area contributed by atoms with Gasteiger partial charge in [0.2, 0.25) is 0 Å². The van der Waals surface area contributed by atoms with Gasteiger partial charge in [0.05, 0.1) is 11.6 Å². The highest BCUT2D eigenvalue weighted by atomic mass is 16.6. The predicted molar refractivity (Wildman–Crippen MR) is 52.3 cm³/mol. The average Bonchev–Trinajstić information content (AvgIpc) is 2.68. The van der Waals surface area contributed by atoms with E-state index in [-0.39, 0.29) is 5.82 Å². The third kappa shape index (κ3) is 2.50. The molecular weight excluding hydrogens is 198 g/mol. The fourth-order valence-corrected chi connectivity index (χ4v) is 1.76. The zero-order chi connectivity index (χ0) is 10.7. The summed E-state index contributed by atoms with van der Waals surface area (Å²) < 4.78 is 0. The maximum atomic E-state index is 10.4. The molecule has 0 saturated carbocycles. The lowest BCUT2D eigenvalue weighted by atomic mass is 9.99. The number of hydrogen-bond donors (Lipinski definition) is 1. The van der Waals surface area contributed by atoms with Gasteiger partial charge in [0.15, 0.2) is 6.20 Å². The van der Waals surface area contributed by atoms with Crippen LogP contribution >= 0.6 is 0 Å². The largest absolute Gasteiger partial charge is 0.410 e. The molecule has 1 aliphatic rings. The topological polar surface area (TPSA) is 85.9 Å². The fraction of sp³-hybridized carbons (Fsp3) is 0.750. The molecule has 1 aliphatic heterocycles. The fourth-order valence-electron chi connectivity index (χ4n) is 1.76. The van der Waals surface area contributed by atoms with Crippen molar-refractivity contribution in [2.75, 3.05) is 13.1 Å². The molecule has 1 aromatic rings. The second-order valence-electron chi connectivity index (χ2n) is 3.71. The van der Waals surface area contributed by atoms with Crippen LogP contribution in [0.15, 0.2) is 6.20 Å². The summed E-state index contributed by atoms with van der Waals surface area (Å²) >= 11 is 0. The monoisotopic (exact) mass is 211 g/mol. The van der Waals surface area contributed by atoms with Gasteiger partial charge < -0.3 is 15.4 Å². The molecule has 0 spiro atoms. The molecule has 1 saturated heterocycles. The van der Waals surface area contributed by atoms with Crippen LogP contribution in [0.4, 0.5) is 5.82 Å². The van der Waals surface area contributed by atoms with Crippen LogP contribution < -0.4 is 5.32 Å². The Labute approximate surface area is 86.6 Å². The summed E-state index contributed by atoms with van der Waals surface area (Å²) in [6.07, 6.45) is 3.35. The first kappa shape index (κ1) is 10.0. The van der Waals surface area contributed by atoms with Crippen LogP contribution in [0.25, 0.3) is 0 Å². The van der Waals surface area contributed by atoms with Gasteiger partial charge in [-0.05, 0) is 36.8 Å². The Balaban J connectivity index is 1.94. The van der Waals surface area contributed by atoms with E-state index in [0.29, 0.717) is 12.5 Å². The van der Waals surface area contributed by atoms with Crippen molar-refractivity contribution >= 4 is 5.82 Å². The molecule has 0 unspecified atom stereocenters. The van der Waals surface area contributed by atoms with Gasteiger partial charge in [0, 0.05) is 0 Å². The van der Waals surface area contributed by atoms with E-state index >= 15 is 0 Å². The normalized spacial score (nSPS) is 17.9. The number of piperidine rings is 1. The molecule has 0 amide bonds. The van der Waals surface area contributed by atoms with Crippen LogP contribution in [0.3, 0.4) is 0 Å². The third-order valence-corrected chi connectivity index (χ3v) is 2.59. The summed E-state index contributed by atoms with van der Waals surface area (Å²) in [4.78, 5) is 11.3. The summed E-state index contributed by atoms with van der Waals surface area (Å²) in [5.41, 5.74) is 0. The molecule has 1 aromatic heterocycles. The third-order valence-electron chi connectivity index (χ3n) is 2.59. The first-order valence-electron chi connectivity index (χ1n) is 5.01. The maximum Gasteiger partial charge on any atom is 0.410 e. The molecule has 7 heteroatoms. The zero-order valence-corrected chi connectivity index (χ0v) is 8.30. The highest BCUT2D eigenvalue weighted by Crippen LogP contribution is 2.14. The van der Waals surface area contributed by atoms with E-state index in [0.717, 1.165) is 25.9 Å². The summed E-state index contributed by atoms with van der Waals surface area (Å²) in [6.45, 7) is 2.69. The molecule has 15 heavy (non-hydrogen) atoms. The van der Waals surface area contributed by atoms with Gasteiger partial charge in [-0.25, -0.2) is 0 Å². The van der Waals surface area contributed by atoms with E-state index in [1.807, 2.05) is 0 Å². The molecule has 82 valence electrons. The van der Waals surface area contributed by atoms with Gasteiger partial charge in [-0.2, -0.15) is 0 Å². The molecule has 1 fully saturated rings. The maximum absolute atomic E-state index is 10.4. The van der Waals surface area contributed by atoms with E-state index in [9.17, 15) is 10.1 Å². The van der Waals surface area contributed by atoms with Gasteiger partial charge in [-0.15, -0.1) is 5.10 Å². The predicted octanol–water partition coefficient (Wildman–Crippen LogP) is 0.186. The van der Waals surface area contributed by atoms with Crippen LogP contribution in [0, 0.1) is 16.0 Å². The number of rotatable bonds is 3. The highest BCUT2D eigenvalue weighted by Gasteiger charge is 2.18. The van der Waals surface area contributed by atoms with Crippen molar-refractivity contribution in [2.24, 2.45) is 5.92 Å². The molecule has 1 N–H and O–H groups in total. The molecule has 0 aromatic carbocycles. The van der Waals surface area contributed by atoms with Crippen LogP contribution in [0.1, 0.15) is 12.8 Å². The second-order valence-corrected chi connectivity index (χ2v) is 3.71. The number of nitrogens with zero attached hydrogens (tertiary/aromatic N) is 4. The standard InChI is InChI=1S/C8H13N5O2/c14-13(15)8-5-10-12(11-8)6-7-1-3-9-4-2-7/h5,7,9H,1-4,6H2. The van der Waals surface area contributed by atoms with Gasteiger partial charge >= 0.3 is 5.82 Å². The Morgan fingerprint density at radius 1 is 1.60 bits per heavy atom. The number of aromatic nitrogens is 3. The van der Waals surface area contributed by atoms with Crippen molar-refractivity contribution in [1.82, 2.24) is 20.3 Å². The lowest BCUT2D eigenvalue weighted by molar-refractivity contribution is -0.389. The minimum Gasteiger partial charge on any atom is -0.358 e. The number of nitrogens with one attached hydrogen (secondary N) is 1. The van der Waals surface area contributed by atoms with Crippen molar-refractivity contribution < 1.29 is 4.92 Å². The lowest BCUT2D eigenvalue weighted by Gasteiger charge is -2.20. The van der Waals surface area contributed by atoms with E-state index in [4.69, 9.17) is 0 Å². The van der Waals surface area contributed by atoms with Crippen molar-refractivity contribution in [1.29, 1.82) is 0 Å². The SMILES string of the molecule is O=[N+]([O-])c1cnn(CC2CCNCC2)n1. The molecule has 2 rings (SSSR count). The van der Waals surface area contributed by atoms with Crippen LogP contribution in [-0.2, 0) is 6.54 Å². The van der Waals surface area contributed by atoms with Crippen LogP contribution in [-0.4, -0.2) is 33.0 Å². The van der Waals surface area contributed by atoms with E-state index in [1.54, 1.807) is 0 Å². The van der Waals surface area contributed by atoms with Gasteiger partial charge in [0.1, 0.15) is 0 Å². The Bertz CT molecular complexity index is 345. The quantitative estimate of drug-likeness (QED) is 0.569. The minimum absolute atomic E-state index is 0.177. The van der Waals surface area contributed by atoms with E-state index in [1.165, 1.54) is 11.0 Å². The van der Waals surface area contributed by atoms with Crippen LogP contribution in [0.2, 0.25) is 0 Å². The Hall–Kier alpha value is -1.50. The van der Waals surface area contributed by atoms with Crippen molar-refractivity contribution in [2.45, 2.75) is 19.4 Å². The van der Waals surface area contributed by atoms with E-state index < -0.39 is 4.92 Å². The zero-order valence-electron chi connectivity index (χ0n) is 8.30. The molecule has 2 heterocycles. The smallest absolute Gasteiger partial charge is 0.358 e. The van der Waals surface area contributed by atoms with Gasteiger partial charge in [0.25, 0.3) is 0 Å². The first-order chi connectivity index (χ1) is 7.25. The summed E-state index contributed by atoms with van der Waals surface area (Å²) in [7, 11) is 0. The van der Waals surface area contributed by atoms with Crippen LogP contribution in [0.5, 0.6) is 0 Å². The summed E-state index contributed by atoms with van der Waals surface area (Å²) in [6, 6.07) is 0. The first-order valence-corrected chi connectivity index (χ1v) is 5.01. The number of nitro groups is 1. The molecule has 0 bridgehead atoms. The van der Waals surface area contributed by atoms with E-state index in [2.05, 4.69) is 15.5 Å². The van der Waals surface area contributed by atoms with Gasteiger partial charge in [-0.3, -0.25) is 0 Å². The molecule has 7 nitrogen and oxygen atoms in total. The average molecular weight is 211 g/mol. The molecular formula is C8H13N5O2. The Morgan fingerprint density at radius 2 is 2.33 bits per heavy atom.